The summed E-state index contributed by atoms with van der Waals surface area (Å²) in [5.41, 5.74) is 2.64. The van der Waals surface area contributed by atoms with Gasteiger partial charge in [0.2, 0.25) is 0 Å². The summed E-state index contributed by atoms with van der Waals surface area (Å²) in [6.45, 7) is 14.5. The molecular weight excluding hydrogens is 424 g/mol. The maximum absolute atomic E-state index is 13.4. The molecule has 4 rings (SSSR count). The first-order valence-electron chi connectivity index (χ1n) is 12.6. The Kier molecular flexibility index (Phi) is 6.03. The molecule has 1 aromatic rings. The molecule has 0 aromatic carbocycles. The SMILES string of the molecule is CC(=CC=CC(C)=C1C(=O)C[C@@H]2[C@@]3(C)CCC(=O)C(C)(C)[C@@H]3CC[C@@]12C)c1ccc(C)c(=O)o1. The minimum atomic E-state index is -0.320. The van der Waals surface area contributed by atoms with Gasteiger partial charge in [0.05, 0.1) is 0 Å². The van der Waals surface area contributed by atoms with Crippen molar-refractivity contribution in [3.8, 4) is 0 Å². The smallest absolute Gasteiger partial charge is 0.339 e. The van der Waals surface area contributed by atoms with Crippen molar-refractivity contribution >= 4 is 17.1 Å². The highest BCUT2D eigenvalue weighted by atomic mass is 16.4. The van der Waals surface area contributed by atoms with Crippen LogP contribution in [0.5, 0.6) is 0 Å². The van der Waals surface area contributed by atoms with Crippen LogP contribution in [0.1, 0.15) is 85.0 Å². The molecule has 3 fully saturated rings. The Labute approximate surface area is 203 Å². The normalized spacial score (nSPS) is 34.9. The summed E-state index contributed by atoms with van der Waals surface area (Å²) < 4.78 is 5.37. The van der Waals surface area contributed by atoms with Crippen LogP contribution in [0, 0.1) is 35.0 Å². The lowest BCUT2D eigenvalue weighted by Gasteiger charge is -2.60. The summed E-state index contributed by atoms with van der Waals surface area (Å²) in [6, 6.07) is 3.58. The fourth-order valence-corrected chi connectivity index (χ4v) is 7.58. The van der Waals surface area contributed by atoms with Gasteiger partial charge in [0.1, 0.15) is 11.5 Å². The van der Waals surface area contributed by atoms with Gasteiger partial charge < -0.3 is 4.42 Å². The third-order valence-corrected chi connectivity index (χ3v) is 9.52. The first-order valence-corrected chi connectivity index (χ1v) is 12.6. The Balaban J connectivity index is 1.64. The van der Waals surface area contributed by atoms with E-state index in [0.29, 0.717) is 35.9 Å². The zero-order chi connectivity index (χ0) is 25.1. The maximum Gasteiger partial charge on any atom is 0.339 e. The molecule has 0 bridgehead atoms. The number of ketones is 2. The van der Waals surface area contributed by atoms with Crippen LogP contribution in [0.25, 0.3) is 5.57 Å². The number of aryl methyl sites for hydroxylation is 1. The van der Waals surface area contributed by atoms with Crippen molar-refractivity contribution in [2.24, 2.45) is 28.1 Å². The van der Waals surface area contributed by atoms with Crippen molar-refractivity contribution in [1.82, 2.24) is 0 Å². The molecule has 3 aliphatic carbocycles. The van der Waals surface area contributed by atoms with Crippen LogP contribution >= 0.6 is 0 Å². The molecule has 0 amide bonds. The molecule has 0 saturated heterocycles. The van der Waals surface area contributed by atoms with Gasteiger partial charge in [-0.15, -0.1) is 0 Å². The van der Waals surface area contributed by atoms with Crippen molar-refractivity contribution in [1.29, 1.82) is 0 Å². The van der Waals surface area contributed by atoms with Gasteiger partial charge in [-0.3, -0.25) is 9.59 Å². The molecule has 4 nitrogen and oxygen atoms in total. The Morgan fingerprint density at radius 3 is 2.41 bits per heavy atom. The Morgan fingerprint density at radius 2 is 1.74 bits per heavy atom. The largest absolute Gasteiger partial charge is 0.423 e. The van der Waals surface area contributed by atoms with Crippen molar-refractivity contribution < 1.29 is 14.0 Å². The molecule has 182 valence electrons. The molecule has 4 heteroatoms. The average molecular weight is 463 g/mol. The summed E-state index contributed by atoms with van der Waals surface area (Å²) in [5, 5.41) is 0. The van der Waals surface area contributed by atoms with E-state index in [4.69, 9.17) is 4.42 Å². The standard InChI is InChI=1S/C30H38O4/c1-18(22-12-11-20(3)27(33)34-22)9-8-10-19(2)26-21(31)17-24-29(6)16-14-25(32)28(4,5)23(29)13-15-30(24,26)7/h8-12,23-24H,13-17H2,1-7H3/t23-,24+,29-,30+/m0/s1. The van der Waals surface area contributed by atoms with E-state index in [9.17, 15) is 14.4 Å². The number of allylic oxidation sites excluding steroid dienone is 6. The molecule has 1 aromatic heterocycles. The topological polar surface area (TPSA) is 64.3 Å². The molecule has 0 aliphatic heterocycles. The second kappa shape index (κ2) is 8.32. The van der Waals surface area contributed by atoms with Crippen molar-refractivity contribution in [3.63, 3.8) is 0 Å². The van der Waals surface area contributed by atoms with E-state index in [1.54, 1.807) is 13.0 Å². The van der Waals surface area contributed by atoms with Gasteiger partial charge in [0, 0.05) is 34.8 Å². The first kappa shape index (κ1) is 24.6. The van der Waals surface area contributed by atoms with Gasteiger partial charge in [-0.25, -0.2) is 4.79 Å². The van der Waals surface area contributed by atoms with Gasteiger partial charge in [0.25, 0.3) is 0 Å². The van der Waals surface area contributed by atoms with E-state index < -0.39 is 0 Å². The van der Waals surface area contributed by atoms with Crippen molar-refractivity contribution in [3.05, 3.63) is 63.3 Å². The molecule has 0 radical (unpaired) electrons. The van der Waals surface area contributed by atoms with Gasteiger partial charge in [-0.2, -0.15) is 0 Å². The van der Waals surface area contributed by atoms with Gasteiger partial charge in [-0.05, 0) is 80.6 Å². The van der Waals surface area contributed by atoms with E-state index in [-0.39, 0.29) is 33.6 Å². The second-order valence-electron chi connectivity index (χ2n) is 11.9. The Bertz CT molecular complexity index is 1190. The molecule has 4 atom stereocenters. The van der Waals surface area contributed by atoms with E-state index in [0.717, 1.165) is 36.0 Å². The summed E-state index contributed by atoms with van der Waals surface area (Å²) >= 11 is 0. The predicted octanol–water partition coefficient (Wildman–Crippen LogP) is 6.62. The number of hydrogen-bond donors (Lipinski definition) is 0. The maximum atomic E-state index is 13.4. The minimum absolute atomic E-state index is 0.00525. The number of rotatable bonds is 3. The monoisotopic (exact) mass is 462 g/mol. The van der Waals surface area contributed by atoms with Crippen LogP contribution in [0.2, 0.25) is 0 Å². The summed E-state index contributed by atoms with van der Waals surface area (Å²) in [6.07, 6.45) is 9.90. The first-order chi connectivity index (χ1) is 15.8. The van der Waals surface area contributed by atoms with Gasteiger partial charge >= 0.3 is 5.63 Å². The number of fused-ring (bicyclic) bond motifs is 3. The average Bonchev–Trinajstić information content (AvgIpc) is 3.04. The van der Waals surface area contributed by atoms with E-state index in [1.807, 2.05) is 38.1 Å². The van der Waals surface area contributed by atoms with Gasteiger partial charge in [0.15, 0.2) is 5.78 Å². The highest BCUT2D eigenvalue weighted by molar-refractivity contribution is 6.01. The molecular formula is C30H38O4. The summed E-state index contributed by atoms with van der Waals surface area (Å²) in [5.74, 6) is 1.80. The lowest BCUT2D eigenvalue weighted by Crippen LogP contribution is -2.56. The summed E-state index contributed by atoms with van der Waals surface area (Å²) in [7, 11) is 0. The van der Waals surface area contributed by atoms with E-state index in [1.165, 1.54) is 0 Å². The Morgan fingerprint density at radius 1 is 1.03 bits per heavy atom. The number of carbonyl (C=O) groups excluding carboxylic acids is 2. The zero-order valence-corrected chi connectivity index (χ0v) is 21.7. The van der Waals surface area contributed by atoms with Crippen molar-refractivity contribution in [2.45, 2.75) is 80.6 Å². The van der Waals surface area contributed by atoms with Crippen LogP contribution in [0.15, 0.2) is 50.7 Å². The summed E-state index contributed by atoms with van der Waals surface area (Å²) in [4.78, 5) is 37.9. The lowest BCUT2D eigenvalue weighted by atomic mass is 9.43. The molecule has 3 aliphatic rings. The van der Waals surface area contributed by atoms with Crippen LogP contribution in [-0.4, -0.2) is 11.6 Å². The molecule has 3 saturated carbocycles. The predicted molar refractivity (Wildman–Crippen MR) is 135 cm³/mol. The van der Waals surface area contributed by atoms with Crippen LogP contribution in [-0.2, 0) is 9.59 Å². The molecule has 0 N–H and O–H groups in total. The number of hydrogen-bond acceptors (Lipinski definition) is 4. The molecule has 0 spiro atoms. The third kappa shape index (κ3) is 3.70. The highest BCUT2D eigenvalue weighted by Gasteiger charge is 2.64. The van der Waals surface area contributed by atoms with Crippen molar-refractivity contribution in [2.75, 3.05) is 0 Å². The van der Waals surface area contributed by atoms with E-state index >= 15 is 0 Å². The number of carbonyl (C=O) groups is 2. The van der Waals surface area contributed by atoms with Gasteiger partial charge in [-0.1, -0.05) is 45.9 Å². The quantitative estimate of drug-likeness (QED) is 0.374. The minimum Gasteiger partial charge on any atom is -0.423 e. The zero-order valence-electron chi connectivity index (χ0n) is 21.7. The third-order valence-electron chi connectivity index (χ3n) is 9.52. The highest BCUT2D eigenvalue weighted by Crippen LogP contribution is 2.68. The fourth-order valence-electron chi connectivity index (χ4n) is 7.58. The van der Waals surface area contributed by atoms with Crippen LogP contribution < -0.4 is 5.63 Å². The Hall–Kier alpha value is -2.49. The molecule has 1 heterocycles. The second-order valence-corrected chi connectivity index (χ2v) is 11.9. The van der Waals surface area contributed by atoms with Crippen LogP contribution in [0.4, 0.5) is 0 Å². The molecule has 0 unspecified atom stereocenters. The molecule has 34 heavy (non-hydrogen) atoms. The fraction of sp³-hybridized carbons (Fsp3) is 0.567. The lowest BCUT2D eigenvalue weighted by molar-refractivity contribution is -0.154. The van der Waals surface area contributed by atoms with Crippen LogP contribution in [0.3, 0.4) is 0 Å². The number of Topliss-reactive ketones (excluding diaryl/α,β-unsaturated/α-hetero) is 2. The van der Waals surface area contributed by atoms with E-state index in [2.05, 4.69) is 27.7 Å².